The predicted octanol–water partition coefficient (Wildman–Crippen LogP) is 2.72. The number of aromatic nitrogens is 1. The summed E-state index contributed by atoms with van der Waals surface area (Å²) in [7, 11) is 0. The first-order valence-corrected chi connectivity index (χ1v) is 7.59. The summed E-state index contributed by atoms with van der Waals surface area (Å²) in [4.78, 5) is 16.8. The third-order valence-corrected chi connectivity index (χ3v) is 4.25. The molecule has 4 nitrogen and oxygen atoms in total. The Morgan fingerprint density at radius 3 is 2.73 bits per heavy atom. The molecule has 116 valence electrons. The van der Waals surface area contributed by atoms with E-state index in [1.807, 2.05) is 0 Å². The second-order valence-electron chi connectivity index (χ2n) is 5.94. The first-order chi connectivity index (χ1) is 10.5. The lowest BCUT2D eigenvalue weighted by Gasteiger charge is -2.26. The predicted molar refractivity (Wildman–Crippen MR) is 82.2 cm³/mol. The molecular formula is C17H19FN2O2. The van der Waals surface area contributed by atoms with Crippen LogP contribution >= 0.6 is 0 Å². The third kappa shape index (κ3) is 3.09. The molecule has 0 spiro atoms. The Morgan fingerprint density at radius 2 is 2.00 bits per heavy atom. The molecule has 1 fully saturated rings. The van der Waals surface area contributed by atoms with Crippen molar-refractivity contribution in [3.8, 4) is 0 Å². The molecule has 0 bridgehead atoms. The van der Waals surface area contributed by atoms with Gasteiger partial charge in [0.15, 0.2) is 0 Å². The van der Waals surface area contributed by atoms with Gasteiger partial charge in [-0.2, -0.15) is 0 Å². The summed E-state index contributed by atoms with van der Waals surface area (Å²) in [6, 6.07) is 6.21. The number of rotatable bonds is 2. The van der Waals surface area contributed by atoms with Crippen LogP contribution in [0.4, 0.5) is 4.39 Å². The van der Waals surface area contributed by atoms with E-state index in [0.717, 1.165) is 31.1 Å². The molecule has 22 heavy (non-hydrogen) atoms. The van der Waals surface area contributed by atoms with Crippen molar-refractivity contribution in [1.82, 2.24) is 10.3 Å². The first-order valence-electron chi connectivity index (χ1n) is 7.59. The van der Waals surface area contributed by atoms with Crippen LogP contribution in [0.1, 0.15) is 41.7 Å². The highest BCUT2D eigenvalue weighted by molar-refractivity contribution is 5.98. The number of carbonyl (C=O) groups is 1. The topological polar surface area (TPSA) is 62.2 Å². The zero-order valence-electron chi connectivity index (χ0n) is 12.5. The van der Waals surface area contributed by atoms with Crippen molar-refractivity contribution in [2.45, 2.75) is 44.8 Å². The molecule has 1 amide bonds. The number of benzene rings is 1. The Hall–Kier alpha value is -2.01. The van der Waals surface area contributed by atoms with Gasteiger partial charge < -0.3 is 10.4 Å². The van der Waals surface area contributed by atoms with Crippen molar-refractivity contribution >= 4 is 16.8 Å². The number of halogens is 1. The number of fused-ring (bicyclic) bond motifs is 1. The second kappa shape index (κ2) is 6.01. The number of nitrogens with one attached hydrogen (secondary N) is 1. The molecule has 1 aromatic heterocycles. The molecule has 1 saturated carbocycles. The summed E-state index contributed by atoms with van der Waals surface area (Å²) in [5.41, 5.74) is 1.66. The van der Waals surface area contributed by atoms with E-state index in [-0.39, 0.29) is 23.9 Å². The van der Waals surface area contributed by atoms with E-state index in [1.54, 1.807) is 19.1 Å². The summed E-state index contributed by atoms with van der Waals surface area (Å²) in [6.07, 6.45) is 2.78. The SMILES string of the molecule is Cc1nc2cc(F)ccc2cc1C(=O)NC1CCC(O)CC1. The summed E-state index contributed by atoms with van der Waals surface area (Å²) in [5, 5.41) is 13.3. The van der Waals surface area contributed by atoms with E-state index in [4.69, 9.17) is 0 Å². The molecule has 2 aromatic rings. The van der Waals surface area contributed by atoms with Gasteiger partial charge in [-0.05, 0) is 50.8 Å². The zero-order chi connectivity index (χ0) is 15.7. The third-order valence-electron chi connectivity index (χ3n) is 4.25. The molecule has 2 N–H and O–H groups in total. The second-order valence-corrected chi connectivity index (χ2v) is 5.94. The highest BCUT2D eigenvalue weighted by Gasteiger charge is 2.22. The summed E-state index contributed by atoms with van der Waals surface area (Å²) >= 11 is 0. The number of nitrogens with zero attached hydrogens (tertiary/aromatic N) is 1. The fraction of sp³-hybridized carbons (Fsp3) is 0.412. The van der Waals surface area contributed by atoms with Crippen molar-refractivity contribution in [1.29, 1.82) is 0 Å². The van der Waals surface area contributed by atoms with Gasteiger partial charge in [-0.1, -0.05) is 0 Å². The molecule has 1 aromatic carbocycles. The smallest absolute Gasteiger partial charge is 0.253 e. The minimum Gasteiger partial charge on any atom is -0.393 e. The Labute approximate surface area is 128 Å². The molecule has 1 aliphatic carbocycles. The van der Waals surface area contributed by atoms with Crippen LogP contribution in [0.15, 0.2) is 24.3 Å². The van der Waals surface area contributed by atoms with E-state index < -0.39 is 0 Å². The number of aliphatic hydroxyl groups is 1. The molecule has 0 saturated heterocycles. The Morgan fingerprint density at radius 1 is 1.27 bits per heavy atom. The molecule has 3 rings (SSSR count). The molecule has 1 aliphatic rings. The molecule has 5 heteroatoms. The fourth-order valence-electron chi connectivity index (χ4n) is 2.95. The summed E-state index contributed by atoms with van der Waals surface area (Å²) in [5.74, 6) is -0.491. The highest BCUT2D eigenvalue weighted by atomic mass is 19.1. The standard InChI is InChI=1S/C17H19FN2O2/c1-10-15(8-11-2-3-12(18)9-16(11)19-10)17(22)20-13-4-6-14(21)7-5-13/h2-3,8-9,13-14,21H,4-7H2,1H3,(H,20,22). The van der Waals surface area contributed by atoms with Gasteiger partial charge in [0.1, 0.15) is 5.82 Å². The van der Waals surface area contributed by atoms with Crippen molar-refractivity contribution in [2.24, 2.45) is 0 Å². The van der Waals surface area contributed by atoms with Gasteiger partial charge in [0.2, 0.25) is 0 Å². The Balaban J connectivity index is 1.81. The number of hydrogen-bond acceptors (Lipinski definition) is 3. The largest absolute Gasteiger partial charge is 0.393 e. The molecular weight excluding hydrogens is 283 g/mol. The van der Waals surface area contributed by atoms with Gasteiger partial charge in [0, 0.05) is 17.5 Å². The number of hydrogen-bond donors (Lipinski definition) is 2. The minimum atomic E-state index is -0.336. The van der Waals surface area contributed by atoms with E-state index in [9.17, 15) is 14.3 Å². The van der Waals surface area contributed by atoms with Crippen LogP contribution in [0.25, 0.3) is 10.9 Å². The normalized spacial score (nSPS) is 21.8. The zero-order valence-corrected chi connectivity index (χ0v) is 12.5. The van der Waals surface area contributed by atoms with Crippen LogP contribution in [0.3, 0.4) is 0 Å². The van der Waals surface area contributed by atoms with Gasteiger partial charge in [0.05, 0.1) is 22.9 Å². The van der Waals surface area contributed by atoms with E-state index in [1.165, 1.54) is 12.1 Å². The van der Waals surface area contributed by atoms with E-state index in [2.05, 4.69) is 10.3 Å². The maximum atomic E-state index is 13.2. The van der Waals surface area contributed by atoms with Crippen molar-refractivity contribution < 1.29 is 14.3 Å². The van der Waals surface area contributed by atoms with Crippen LogP contribution in [0, 0.1) is 12.7 Å². The van der Waals surface area contributed by atoms with E-state index >= 15 is 0 Å². The Bertz CT molecular complexity index is 709. The molecule has 0 radical (unpaired) electrons. The van der Waals surface area contributed by atoms with Crippen molar-refractivity contribution in [3.63, 3.8) is 0 Å². The van der Waals surface area contributed by atoms with Gasteiger partial charge in [-0.3, -0.25) is 9.78 Å². The maximum Gasteiger partial charge on any atom is 0.253 e. The number of amides is 1. The van der Waals surface area contributed by atoms with Crippen molar-refractivity contribution in [2.75, 3.05) is 0 Å². The number of carbonyl (C=O) groups excluding carboxylic acids is 1. The monoisotopic (exact) mass is 302 g/mol. The lowest BCUT2D eigenvalue weighted by Crippen LogP contribution is -2.38. The van der Waals surface area contributed by atoms with Crippen LogP contribution in [0.5, 0.6) is 0 Å². The highest BCUT2D eigenvalue weighted by Crippen LogP contribution is 2.21. The molecule has 0 aliphatic heterocycles. The van der Waals surface area contributed by atoms with Gasteiger partial charge in [0.25, 0.3) is 5.91 Å². The number of pyridine rings is 1. The van der Waals surface area contributed by atoms with Crippen LogP contribution < -0.4 is 5.32 Å². The van der Waals surface area contributed by atoms with E-state index in [0.29, 0.717) is 16.8 Å². The number of aryl methyl sites for hydroxylation is 1. The van der Waals surface area contributed by atoms with Crippen LogP contribution in [-0.2, 0) is 0 Å². The summed E-state index contributed by atoms with van der Waals surface area (Å²) < 4.78 is 13.2. The van der Waals surface area contributed by atoms with Gasteiger partial charge in [-0.15, -0.1) is 0 Å². The molecule has 0 unspecified atom stereocenters. The summed E-state index contributed by atoms with van der Waals surface area (Å²) in [6.45, 7) is 1.75. The number of aliphatic hydroxyl groups excluding tert-OH is 1. The van der Waals surface area contributed by atoms with Gasteiger partial charge in [-0.25, -0.2) is 4.39 Å². The average Bonchev–Trinajstić information content (AvgIpc) is 2.48. The molecule has 1 heterocycles. The van der Waals surface area contributed by atoms with Crippen molar-refractivity contribution in [3.05, 3.63) is 41.3 Å². The maximum absolute atomic E-state index is 13.2. The fourth-order valence-corrected chi connectivity index (χ4v) is 2.95. The van der Waals surface area contributed by atoms with Gasteiger partial charge >= 0.3 is 0 Å². The average molecular weight is 302 g/mol. The molecule has 0 atom stereocenters. The van der Waals surface area contributed by atoms with Crippen LogP contribution in [-0.4, -0.2) is 28.1 Å². The lowest BCUT2D eigenvalue weighted by atomic mass is 9.93. The first kappa shape index (κ1) is 14.9. The quantitative estimate of drug-likeness (QED) is 0.896. The lowest BCUT2D eigenvalue weighted by molar-refractivity contribution is 0.0867. The Kier molecular flexibility index (Phi) is 4.07. The minimum absolute atomic E-state index is 0.0965. The van der Waals surface area contributed by atoms with Crippen LogP contribution in [0.2, 0.25) is 0 Å².